The summed E-state index contributed by atoms with van der Waals surface area (Å²) in [5, 5.41) is 10.4. The van der Waals surface area contributed by atoms with Crippen molar-refractivity contribution in [2.75, 3.05) is 19.0 Å². The molecule has 2 N–H and O–H groups in total. The highest BCUT2D eigenvalue weighted by Gasteiger charge is 2.14. The third-order valence-electron chi connectivity index (χ3n) is 4.43. The van der Waals surface area contributed by atoms with Crippen LogP contribution < -0.4 is 15.5 Å². The maximum atomic E-state index is 12.2. The molecule has 0 saturated heterocycles. The highest BCUT2D eigenvalue weighted by Crippen LogP contribution is 2.14. The van der Waals surface area contributed by atoms with Crippen LogP contribution in [-0.4, -0.2) is 35.9 Å². The molecule has 0 spiro atoms. The molecule has 0 fully saturated rings. The predicted molar refractivity (Wildman–Crippen MR) is 102 cm³/mol. The molecule has 0 unspecified atom stereocenters. The number of benzene rings is 1. The molecule has 2 aromatic rings. The zero-order chi connectivity index (χ0) is 18.6. The fourth-order valence-corrected chi connectivity index (χ4v) is 2.87. The van der Waals surface area contributed by atoms with Crippen molar-refractivity contribution < 1.29 is 4.79 Å². The van der Waals surface area contributed by atoms with Gasteiger partial charge in [-0.25, -0.2) is 4.79 Å². The van der Waals surface area contributed by atoms with E-state index >= 15 is 0 Å². The number of rotatable bonds is 6. The summed E-state index contributed by atoms with van der Waals surface area (Å²) in [5.74, 6) is 0. The van der Waals surface area contributed by atoms with Crippen LogP contribution in [0.5, 0.6) is 0 Å². The highest BCUT2D eigenvalue weighted by molar-refractivity contribution is 5.74. The topological polar surface area (TPSA) is 62.2 Å². The van der Waals surface area contributed by atoms with Gasteiger partial charge < -0.3 is 15.5 Å². The molecule has 2 rings (SSSR count). The summed E-state index contributed by atoms with van der Waals surface area (Å²) < 4.78 is 1.88. The van der Waals surface area contributed by atoms with E-state index in [2.05, 4.69) is 28.7 Å². The van der Waals surface area contributed by atoms with Gasteiger partial charge in [-0.15, -0.1) is 0 Å². The van der Waals surface area contributed by atoms with Crippen LogP contribution >= 0.6 is 0 Å². The molecule has 0 bridgehead atoms. The van der Waals surface area contributed by atoms with E-state index in [4.69, 9.17) is 0 Å². The van der Waals surface area contributed by atoms with Crippen molar-refractivity contribution in [2.45, 2.75) is 39.8 Å². The Labute approximate surface area is 150 Å². The monoisotopic (exact) mass is 343 g/mol. The zero-order valence-electron chi connectivity index (χ0n) is 16.1. The standard InChI is InChI=1S/C19H29N5O/c1-13(10-18-14(2)22-24(6)15(18)3)21-19(25)20-12-16-8-7-9-17(11-16)23(4)5/h7-9,11,13H,10,12H2,1-6H3,(H2,20,21,25)/t13-/m0/s1. The van der Waals surface area contributed by atoms with Gasteiger partial charge in [0.25, 0.3) is 0 Å². The lowest BCUT2D eigenvalue weighted by atomic mass is 10.1. The van der Waals surface area contributed by atoms with E-state index < -0.39 is 0 Å². The van der Waals surface area contributed by atoms with Gasteiger partial charge in [-0.05, 0) is 50.5 Å². The summed E-state index contributed by atoms with van der Waals surface area (Å²) in [6.45, 7) is 6.58. The fraction of sp³-hybridized carbons (Fsp3) is 0.474. The number of hydrogen-bond acceptors (Lipinski definition) is 3. The molecular weight excluding hydrogens is 314 g/mol. The van der Waals surface area contributed by atoms with Crippen molar-refractivity contribution in [3.05, 3.63) is 46.8 Å². The molecule has 1 aromatic carbocycles. The van der Waals surface area contributed by atoms with Crippen LogP contribution in [0.2, 0.25) is 0 Å². The SMILES string of the molecule is Cc1nn(C)c(C)c1C[C@H](C)NC(=O)NCc1cccc(N(C)C)c1. The van der Waals surface area contributed by atoms with Gasteiger partial charge in [0.05, 0.1) is 5.69 Å². The van der Waals surface area contributed by atoms with Gasteiger partial charge in [-0.3, -0.25) is 4.68 Å². The van der Waals surface area contributed by atoms with E-state index in [1.807, 2.05) is 62.8 Å². The summed E-state index contributed by atoms with van der Waals surface area (Å²) in [4.78, 5) is 14.2. The minimum atomic E-state index is -0.151. The zero-order valence-corrected chi connectivity index (χ0v) is 16.1. The van der Waals surface area contributed by atoms with Crippen molar-refractivity contribution >= 4 is 11.7 Å². The Bertz CT molecular complexity index is 735. The molecule has 1 atom stereocenters. The molecule has 1 aromatic heterocycles. The molecule has 0 saturated carbocycles. The van der Waals surface area contributed by atoms with Crippen molar-refractivity contribution in [1.29, 1.82) is 0 Å². The largest absolute Gasteiger partial charge is 0.378 e. The highest BCUT2D eigenvalue weighted by atomic mass is 16.2. The van der Waals surface area contributed by atoms with Crippen LogP contribution in [0.3, 0.4) is 0 Å². The van der Waals surface area contributed by atoms with E-state index in [9.17, 15) is 4.79 Å². The molecule has 0 radical (unpaired) electrons. The number of nitrogens with one attached hydrogen (secondary N) is 2. The molecule has 6 heteroatoms. The lowest BCUT2D eigenvalue weighted by Crippen LogP contribution is -2.41. The van der Waals surface area contributed by atoms with E-state index in [1.54, 1.807) is 0 Å². The molecule has 136 valence electrons. The average Bonchev–Trinajstić information content (AvgIpc) is 2.79. The predicted octanol–water partition coefficient (Wildman–Crippen LogP) is 2.53. The number of nitrogens with zero attached hydrogens (tertiary/aromatic N) is 3. The minimum Gasteiger partial charge on any atom is -0.378 e. The first-order valence-electron chi connectivity index (χ1n) is 8.57. The van der Waals surface area contributed by atoms with Crippen LogP contribution in [0.1, 0.15) is 29.4 Å². The lowest BCUT2D eigenvalue weighted by molar-refractivity contribution is 0.237. The molecule has 6 nitrogen and oxygen atoms in total. The van der Waals surface area contributed by atoms with Crippen LogP contribution in [0.4, 0.5) is 10.5 Å². The average molecular weight is 343 g/mol. The first-order chi connectivity index (χ1) is 11.8. The maximum absolute atomic E-state index is 12.2. The maximum Gasteiger partial charge on any atom is 0.315 e. The van der Waals surface area contributed by atoms with E-state index in [-0.39, 0.29) is 12.1 Å². The number of carbonyl (C=O) groups excluding carboxylic acids is 1. The van der Waals surface area contributed by atoms with Crippen LogP contribution in [0, 0.1) is 13.8 Å². The third-order valence-corrected chi connectivity index (χ3v) is 4.43. The quantitative estimate of drug-likeness (QED) is 0.847. The summed E-state index contributed by atoms with van der Waals surface area (Å²) in [6.07, 6.45) is 0.773. The third kappa shape index (κ3) is 4.98. The Morgan fingerprint density at radius 2 is 2.04 bits per heavy atom. The number of carbonyl (C=O) groups is 1. The van der Waals surface area contributed by atoms with Crippen LogP contribution in [0.25, 0.3) is 0 Å². The molecule has 0 aliphatic heterocycles. The molecule has 25 heavy (non-hydrogen) atoms. The second kappa shape index (κ2) is 8.05. The summed E-state index contributed by atoms with van der Waals surface area (Å²) in [7, 11) is 5.95. The molecular formula is C19H29N5O. The number of anilines is 1. The first-order valence-corrected chi connectivity index (χ1v) is 8.57. The number of aromatic nitrogens is 2. The van der Waals surface area contributed by atoms with Gasteiger partial charge >= 0.3 is 6.03 Å². The van der Waals surface area contributed by atoms with Crippen molar-refractivity contribution in [3.8, 4) is 0 Å². The van der Waals surface area contributed by atoms with Crippen molar-refractivity contribution in [1.82, 2.24) is 20.4 Å². The van der Waals surface area contributed by atoms with Crippen molar-refractivity contribution in [3.63, 3.8) is 0 Å². The molecule has 0 aliphatic rings. The Hall–Kier alpha value is -2.50. The van der Waals surface area contributed by atoms with Crippen LogP contribution in [0.15, 0.2) is 24.3 Å². The van der Waals surface area contributed by atoms with E-state index in [0.717, 1.165) is 29.1 Å². The van der Waals surface area contributed by atoms with Gasteiger partial charge in [0.1, 0.15) is 0 Å². The Morgan fingerprint density at radius 3 is 2.64 bits per heavy atom. The first kappa shape index (κ1) is 18.8. The van der Waals surface area contributed by atoms with Crippen LogP contribution in [-0.2, 0) is 20.0 Å². The second-order valence-electron chi connectivity index (χ2n) is 6.77. The van der Waals surface area contributed by atoms with Gasteiger partial charge in [0.15, 0.2) is 0 Å². The Kier molecular flexibility index (Phi) is 6.07. The number of amides is 2. The molecule has 2 amide bonds. The van der Waals surface area contributed by atoms with Gasteiger partial charge in [-0.1, -0.05) is 12.1 Å². The molecule has 1 heterocycles. The normalized spacial score (nSPS) is 11.9. The number of aryl methyl sites for hydroxylation is 2. The van der Waals surface area contributed by atoms with Gasteiger partial charge in [-0.2, -0.15) is 5.10 Å². The molecule has 0 aliphatic carbocycles. The smallest absolute Gasteiger partial charge is 0.315 e. The van der Waals surface area contributed by atoms with Gasteiger partial charge in [0, 0.05) is 45.1 Å². The second-order valence-corrected chi connectivity index (χ2v) is 6.77. The fourth-order valence-electron chi connectivity index (χ4n) is 2.87. The summed E-state index contributed by atoms with van der Waals surface area (Å²) in [5.41, 5.74) is 5.57. The van der Waals surface area contributed by atoms with Crippen molar-refractivity contribution in [2.24, 2.45) is 7.05 Å². The summed E-state index contributed by atoms with van der Waals surface area (Å²) >= 11 is 0. The Balaban J connectivity index is 1.86. The van der Waals surface area contributed by atoms with E-state index in [1.165, 1.54) is 5.56 Å². The number of hydrogen-bond donors (Lipinski definition) is 2. The number of urea groups is 1. The van der Waals surface area contributed by atoms with E-state index in [0.29, 0.717) is 6.54 Å². The lowest BCUT2D eigenvalue weighted by Gasteiger charge is -2.16. The van der Waals surface area contributed by atoms with Gasteiger partial charge in [0.2, 0.25) is 0 Å². The summed E-state index contributed by atoms with van der Waals surface area (Å²) in [6, 6.07) is 8.02. The minimum absolute atomic E-state index is 0.0368. The Morgan fingerprint density at radius 1 is 1.32 bits per heavy atom.